The zero-order valence-corrected chi connectivity index (χ0v) is 10.4. The van der Waals surface area contributed by atoms with Crippen LogP contribution in [0.4, 0.5) is 5.69 Å². The minimum atomic E-state index is 0.156. The van der Waals surface area contributed by atoms with E-state index in [9.17, 15) is 4.79 Å². The fraction of sp³-hybridized carbons (Fsp3) is 0.200. The van der Waals surface area contributed by atoms with Crippen molar-refractivity contribution in [2.75, 3.05) is 5.73 Å². The van der Waals surface area contributed by atoms with Gasteiger partial charge in [0.25, 0.3) is 0 Å². The average molecular weight is 240 g/mol. The number of Topliss-reactive ketones (excluding diaryl/α,β-unsaturated/α-hetero) is 1. The number of hydrogen-bond acceptors (Lipinski definition) is 3. The van der Waals surface area contributed by atoms with E-state index in [0.717, 1.165) is 16.7 Å². The van der Waals surface area contributed by atoms with Gasteiger partial charge in [-0.25, -0.2) is 0 Å². The molecule has 0 aliphatic carbocycles. The Morgan fingerprint density at radius 2 is 1.89 bits per heavy atom. The van der Waals surface area contributed by atoms with E-state index in [1.807, 2.05) is 31.2 Å². The van der Waals surface area contributed by atoms with Crippen LogP contribution in [0.25, 0.3) is 0 Å². The van der Waals surface area contributed by atoms with Crippen LogP contribution >= 0.6 is 0 Å². The Hall–Kier alpha value is -2.16. The number of rotatable bonds is 4. The number of pyridine rings is 1. The Bertz CT molecular complexity index is 514. The van der Waals surface area contributed by atoms with Crippen LogP contribution < -0.4 is 5.73 Å². The van der Waals surface area contributed by atoms with Gasteiger partial charge in [0.15, 0.2) is 0 Å². The number of benzene rings is 1. The van der Waals surface area contributed by atoms with Crippen molar-refractivity contribution in [1.82, 2.24) is 4.98 Å². The molecule has 0 saturated carbocycles. The summed E-state index contributed by atoms with van der Waals surface area (Å²) in [5.41, 5.74) is 9.45. The van der Waals surface area contributed by atoms with Crippen LogP contribution in [0.2, 0.25) is 0 Å². The number of nitrogens with zero attached hydrogens (tertiary/aromatic N) is 1. The molecule has 0 bridgehead atoms. The van der Waals surface area contributed by atoms with E-state index in [4.69, 9.17) is 5.73 Å². The molecule has 0 saturated heterocycles. The van der Waals surface area contributed by atoms with E-state index in [1.165, 1.54) is 0 Å². The van der Waals surface area contributed by atoms with E-state index in [2.05, 4.69) is 4.98 Å². The van der Waals surface area contributed by atoms with Crippen molar-refractivity contribution in [2.45, 2.75) is 19.8 Å². The molecule has 0 radical (unpaired) electrons. The second-order valence-electron chi connectivity index (χ2n) is 4.39. The summed E-state index contributed by atoms with van der Waals surface area (Å²) in [6.07, 6.45) is 4.07. The number of aromatic nitrogens is 1. The molecule has 0 spiro atoms. The number of ketones is 1. The quantitative estimate of drug-likeness (QED) is 0.892. The first kappa shape index (κ1) is 12.3. The summed E-state index contributed by atoms with van der Waals surface area (Å²) >= 11 is 0. The molecule has 0 atom stereocenters. The highest BCUT2D eigenvalue weighted by Gasteiger charge is 2.09. The molecule has 1 aromatic carbocycles. The lowest BCUT2D eigenvalue weighted by molar-refractivity contribution is -0.117. The van der Waals surface area contributed by atoms with E-state index >= 15 is 0 Å². The van der Waals surface area contributed by atoms with Crippen molar-refractivity contribution < 1.29 is 4.79 Å². The van der Waals surface area contributed by atoms with Gasteiger partial charge in [-0.3, -0.25) is 9.78 Å². The number of nitrogens with two attached hydrogens (primary N) is 1. The molecule has 3 heteroatoms. The van der Waals surface area contributed by atoms with Crippen LogP contribution in [-0.2, 0) is 17.6 Å². The standard InChI is InChI=1S/C15H16N2O/c1-11-4-2-3-5-12(11)8-14(18)9-13-10-17-7-6-15(13)16/h2-7,10H,8-9H2,1H3,(H2,16,17). The molecule has 1 heterocycles. The smallest absolute Gasteiger partial charge is 0.141 e. The number of aryl methyl sites for hydroxylation is 1. The molecule has 0 aliphatic rings. The fourth-order valence-electron chi connectivity index (χ4n) is 1.88. The van der Waals surface area contributed by atoms with Crippen molar-refractivity contribution in [3.63, 3.8) is 0 Å². The highest BCUT2D eigenvalue weighted by atomic mass is 16.1. The van der Waals surface area contributed by atoms with Crippen molar-refractivity contribution in [3.8, 4) is 0 Å². The Morgan fingerprint density at radius 3 is 2.61 bits per heavy atom. The highest BCUT2D eigenvalue weighted by Crippen LogP contribution is 2.13. The summed E-state index contributed by atoms with van der Waals surface area (Å²) in [7, 11) is 0. The SMILES string of the molecule is Cc1ccccc1CC(=O)Cc1cnccc1N. The first-order chi connectivity index (χ1) is 8.66. The fourth-order valence-corrected chi connectivity index (χ4v) is 1.88. The van der Waals surface area contributed by atoms with E-state index in [0.29, 0.717) is 18.5 Å². The molecule has 0 fully saturated rings. The minimum Gasteiger partial charge on any atom is -0.398 e. The molecule has 0 amide bonds. The van der Waals surface area contributed by atoms with Crippen LogP contribution in [0.5, 0.6) is 0 Å². The molecule has 0 unspecified atom stereocenters. The third-order valence-electron chi connectivity index (χ3n) is 2.98. The first-order valence-electron chi connectivity index (χ1n) is 5.91. The van der Waals surface area contributed by atoms with Gasteiger partial charge in [0.1, 0.15) is 5.78 Å². The van der Waals surface area contributed by atoms with E-state index in [1.54, 1.807) is 18.5 Å². The number of anilines is 1. The van der Waals surface area contributed by atoms with E-state index in [-0.39, 0.29) is 5.78 Å². The second kappa shape index (κ2) is 5.45. The number of nitrogen functional groups attached to an aromatic ring is 1. The maximum Gasteiger partial charge on any atom is 0.141 e. The number of carbonyl (C=O) groups is 1. The predicted molar refractivity (Wildman–Crippen MR) is 72.2 cm³/mol. The molecule has 2 N–H and O–H groups in total. The maximum absolute atomic E-state index is 12.0. The lowest BCUT2D eigenvalue weighted by atomic mass is 10.00. The van der Waals surface area contributed by atoms with Crippen molar-refractivity contribution in [3.05, 3.63) is 59.4 Å². The van der Waals surface area contributed by atoms with Gasteiger partial charge in [-0.2, -0.15) is 0 Å². The molecule has 3 nitrogen and oxygen atoms in total. The Labute approximate surface area is 107 Å². The number of carbonyl (C=O) groups excluding carboxylic acids is 1. The van der Waals surface area contributed by atoms with E-state index < -0.39 is 0 Å². The third-order valence-corrected chi connectivity index (χ3v) is 2.98. The molecule has 1 aromatic heterocycles. The highest BCUT2D eigenvalue weighted by molar-refractivity contribution is 5.84. The lowest BCUT2D eigenvalue weighted by Crippen LogP contribution is -2.09. The average Bonchev–Trinajstić information content (AvgIpc) is 2.35. The van der Waals surface area contributed by atoms with Gasteiger partial charge in [0.05, 0.1) is 0 Å². The molecule has 2 rings (SSSR count). The summed E-state index contributed by atoms with van der Waals surface area (Å²) in [6.45, 7) is 2.01. The summed E-state index contributed by atoms with van der Waals surface area (Å²) in [6, 6.07) is 9.65. The normalized spacial score (nSPS) is 10.3. The van der Waals surface area contributed by atoms with Gasteiger partial charge in [-0.05, 0) is 24.1 Å². The van der Waals surface area contributed by atoms with Gasteiger partial charge in [-0.15, -0.1) is 0 Å². The summed E-state index contributed by atoms with van der Waals surface area (Å²) < 4.78 is 0. The van der Waals surface area contributed by atoms with Crippen LogP contribution in [-0.4, -0.2) is 10.8 Å². The second-order valence-corrected chi connectivity index (χ2v) is 4.39. The molecular formula is C15H16N2O. The largest absolute Gasteiger partial charge is 0.398 e. The zero-order valence-electron chi connectivity index (χ0n) is 10.4. The van der Waals surface area contributed by atoms with Crippen LogP contribution in [0, 0.1) is 6.92 Å². The van der Waals surface area contributed by atoms with Crippen molar-refractivity contribution in [1.29, 1.82) is 0 Å². The Morgan fingerprint density at radius 1 is 1.17 bits per heavy atom. The molecule has 0 aliphatic heterocycles. The van der Waals surface area contributed by atoms with Gasteiger partial charge in [0, 0.05) is 36.5 Å². The molecule has 92 valence electrons. The van der Waals surface area contributed by atoms with Crippen molar-refractivity contribution >= 4 is 11.5 Å². The maximum atomic E-state index is 12.0. The number of hydrogen-bond donors (Lipinski definition) is 1. The van der Waals surface area contributed by atoms with Gasteiger partial charge >= 0.3 is 0 Å². The molecular weight excluding hydrogens is 224 g/mol. The Kier molecular flexibility index (Phi) is 3.72. The monoisotopic (exact) mass is 240 g/mol. The van der Waals surface area contributed by atoms with Crippen LogP contribution in [0.1, 0.15) is 16.7 Å². The molecule has 18 heavy (non-hydrogen) atoms. The zero-order chi connectivity index (χ0) is 13.0. The summed E-state index contributed by atoms with van der Waals surface area (Å²) in [5, 5.41) is 0. The van der Waals surface area contributed by atoms with Gasteiger partial charge < -0.3 is 5.73 Å². The Balaban J connectivity index is 2.06. The first-order valence-corrected chi connectivity index (χ1v) is 5.91. The summed E-state index contributed by atoms with van der Waals surface area (Å²) in [4.78, 5) is 16.0. The van der Waals surface area contributed by atoms with Crippen LogP contribution in [0.3, 0.4) is 0 Å². The lowest BCUT2D eigenvalue weighted by Gasteiger charge is -2.06. The van der Waals surface area contributed by atoms with Gasteiger partial charge in [0.2, 0.25) is 0 Å². The predicted octanol–water partition coefficient (Wildman–Crippen LogP) is 2.33. The third kappa shape index (κ3) is 2.94. The topological polar surface area (TPSA) is 56.0 Å². The van der Waals surface area contributed by atoms with Gasteiger partial charge in [-0.1, -0.05) is 24.3 Å². The molecule has 2 aromatic rings. The summed E-state index contributed by atoms with van der Waals surface area (Å²) in [5.74, 6) is 0.156. The van der Waals surface area contributed by atoms with Crippen molar-refractivity contribution in [2.24, 2.45) is 0 Å². The minimum absolute atomic E-state index is 0.156. The van der Waals surface area contributed by atoms with Crippen LogP contribution in [0.15, 0.2) is 42.7 Å².